The summed E-state index contributed by atoms with van der Waals surface area (Å²) in [5.41, 5.74) is 1.81. The normalized spacial score (nSPS) is 25.2. The molecule has 6 heteroatoms. The Balaban J connectivity index is 1.81. The fraction of sp³-hybridized carbons (Fsp3) is 0.333. The zero-order valence-corrected chi connectivity index (χ0v) is 13.9. The van der Waals surface area contributed by atoms with Gasteiger partial charge in [0.15, 0.2) is 0 Å². The molecule has 3 rings (SSSR count). The maximum absolute atomic E-state index is 11.9. The number of carbonyl (C=O) groups excluding carboxylic acids is 2. The first-order chi connectivity index (χ1) is 11.6. The average Bonchev–Trinajstić information content (AvgIpc) is 3.05. The number of allylic oxidation sites excluding steroid dienone is 1. The molecule has 0 saturated carbocycles. The second-order valence-corrected chi connectivity index (χ2v) is 6.01. The van der Waals surface area contributed by atoms with Crippen molar-refractivity contribution in [2.45, 2.75) is 19.3 Å². The molecule has 1 heterocycles. The molecule has 2 unspecified atom stereocenters. The smallest absolute Gasteiger partial charge is 0.337 e. The summed E-state index contributed by atoms with van der Waals surface area (Å²) < 4.78 is 16.2. The average molecular weight is 349 g/mol. The molecule has 1 aromatic carbocycles. The Bertz CT molecular complexity index is 695. The van der Waals surface area contributed by atoms with Crippen LogP contribution in [-0.4, -0.2) is 24.6 Å². The minimum absolute atomic E-state index is 0.232. The van der Waals surface area contributed by atoms with E-state index in [-0.39, 0.29) is 5.92 Å². The quantitative estimate of drug-likeness (QED) is 0.604. The van der Waals surface area contributed by atoms with Crippen LogP contribution in [0.4, 0.5) is 0 Å². The summed E-state index contributed by atoms with van der Waals surface area (Å²) in [5, 5.41) is -0.550. The first-order valence-corrected chi connectivity index (χ1v) is 7.99. The molecule has 1 aliphatic heterocycles. The molecule has 24 heavy (non-hydrogen) atoms. The Morgan fingerprint density at radius 1 is 1.25 bits per heavy atom. The number of fused-ring (bicyclic) bond motifs is 1. The van der Waals surface area contributed by atoms with Gasteiger partial charge in [0.2, 0.25) is 11.5 Å². The first-order valence-electron chi connectivity index (χ1n) is 7.61. The highest BCUT2D eigenvalue weighted by molar-refractivity contribution is 6.67. The lowest BCUT2D eigenvalue weighted by Gasteiger charge is -2.34. The van der Waals surface area contributed by atoms with Gasteiger partial charge in [0.05, 0.1) is 31.5 Å². The Hall–Kier alpha value is -2.11. The van der Waals surface area contributed by atoms with Crippen molar-refractivity contribution < 1.29 is 23.8 Å². The number of hydrogen-bond donors (Lipinski definition) is 0. The number of benzene rings is 1. The van der Waals surface area contributed by atoms with Gasteiger partial charge in [-0.05, 0) is 23.6 Å². The molecule has 0 fully saturated rings. The van der Waals surface area contributed by atoms with Gasteiger partial charge < -0.3 is 14.2 Å². The van der Waals surface area contributed by atoms with Crippen molar-refractivity contribution in [3.8, 4) is 0 Å². The summed E-state index contributed by atoms with van der Waals surface area (Å²) in [4.78, 5) is 23.6. The van der Waals surface area contributed by atoms with Crippen LogP contribution in [0.2, 0.25) is 0 Å². The molecular formula is C18H17ClO5. The van der Waals surface area contributed by atoms with E-state index < -0.39 is 23.4 Å². The molecule has 0 amide bonds. The number of esters is 1. The summed E-state index contributed by atoms with van der Waals surface area (Å²) in [6.45, 7) is 0.333. The zero-order valence-electron chi connectivity index (χ0n) is 13.1. The molecule has 126 valence electrons. The van der Waals surface area contributed by atoms with Gasteiger partial charge in [-0.3, -0.25) is 4.79 Å². The van der Waals surface area contributed by atoms with E-state index in [4.69, 9.17) is 25.8 Å². The highest BCUT2D eigenvalue weighted by atomic mass is 35.5. The van der Waals surface area contributed by atoms with E-state index >= 15 is 0 Å². The van der Waals surface area contributed by atoms with E-state index in [0.29, 0.717) is 24.2 Å². The monoisotopic (exact) mass is 348 g/mol. The summed E-state index contributed by atoms with van der Waals surface area (Å²) in [6, 6.07) is 9.64. The minimum Gasteiger partial charge on any atom is -0.471 e. The Morgan fingerprint density at radius 3 is 2.67 bits per heavy atom. The molecule has 0 aromatic heterocycles. The topological polar surface area (TPSA) is 61.8 Å². The zero-order chi connectivity index (χ0) is 17.1. The lowest BCUT2D eigenvalue weighted by atomic mass is 9.83. The summed E-state index contributed by atoms with van der Waals surface area (Å²) >= 11 is 5.69. The number of carbonyl (C=O) groups is 2. The Labute approximate surface area is 144 Å². The summed E-state index contributed by atoms with van der Waals surface area (Å²) in [5.74, 6) is -1.12. The third kappa shape index (κ3) is 3.23. The molecular weight excluding hydrogens is 332 g/mol. The van der Waals surface area contributed by atoms with Crippen molar-refractivity contribution in [3.05, 3.63) is 59.4 Å². The predicted molar refractivity (Wildman–Crippen MR) is 86.7 cm³/mol. The molecule has 2 aliphatic rings. The van der Waals surface area contributed by atoms with E-state index in [1.54, 1.807) is 6.08 Å². The van der Waals surface area contributed by atoms with Crippen LogP contribution in [0, 0.1) is 11.8 Å². The molecule has 1 aromatic rings. The maximum atomic E-state index is 11.9. The minimum atomic E-state index is -0.680. The predicted octanol–water partition coefficient (Wildman–Crippen LogP) is 2.94. The number of rotatable bonds is 5. The third-order valence-electron chi connectivity index (χ3n) is 4.31. The molecule has 3 atom stereocenters. The van der Waals surface area contributed by atoms with Crippen molar-refractivity contribution in [1.82, 2.24) is 0 Å². The molecule has 0 N–H and O–H groups in total. The van der Waals surface area contributed by atoms with E-state index in [0.717, 1.165) is 5.56 Å². The van der Waals surface area contributed by atoms with Gasteiger partial charge in [0, 0.05) is 11.5 Å². The highest BCUT2D eigenvalue weighted by Crippen LogP contribution is 2.44. The molecule has 0 spiro atoms. The van der Waals surface area contributed by atoms with Crippen LogP contribution in [-0.2, 0) is 30.4 Å². The van der Waals surface area contributed by atoms with Crippen molar-refractivity contribution in [1.29, 1.82) is 0 Å². The van der Waals surface area contributed by atoms with Gasteiger partial charge in [0.1, 0.15) is 0 Å². The molecule has 0 bridgehead atoms. The van der Waals surface area contributed by atoms with Crippen LogP contribution in [0.25, 0.3) is 0 Å². The number of methoxy groups -OCH3 is 1. The van der Waals surface area contributed by atoms with Gasteiger partial charge in [0.25, 0.3) is 0 Å². The number of hydrogen-bond acceptors (Lipinski definition) is 5. The SMILES string of the molecule is COC(=O)C1=CO[C@H](OCc2ccccc2)C2C(C(=O)Cl)=CCC12. The third-order valence-corrected chi connectivity index (χ3v) is 4.53. The van der Waals surface area contributed by atoms with E-state index in [2.05, 4.69) is 0 Å². The largest absolute Gasteiger partial charge is 0.471 e. The Morgan fingerprint density at radius 2 is 2.00 bits per heavy atom. The van der Waals surface area contributed by atoms with Crippen LogP contribution in [0.15, 0.2) is 53.8 Å². The standard InChI is InChI=1S/C18H17ClO5/c1-22-17(21)14-10-24-18(23-9-11-5-3-2-4-6-11)15-12(14)7-8-13(15)16(19)20/h2-6,8,10,12,15,18H,7,9H2,1H3/t12?,15?,18-/m0/s1. The van der Waals surface area contributed by atoms with Gasteiger partial charge >= 0.3 is 5.97 Å². The lowest BCUT2D eigenvalue weighted by Crippen LogP contribution is -2.37. The molecule has 0 saturated heterocycles. The fourth-order valence-electron chi connectivity index (χ4n) is 3.15. The maximum Gasteiger partial charge on any atom is 0.337 e. The van der Waals surface area contributed by atoms with Gasteiger partial charge in [-0.25, -0.2) is 4.79 Å². The summed E-state index contributed by atoms with van der Waals surface area (Å²) in [6.07, 6.45) is 2.96. The molecule has 1 aliphatic carbocycles. The van der Waals surface area contributed by atoms with Crippen LogP contribution >= 0.6 is 11.6 Å². The molecule has 5 nitrogen and oxygen atoms in total. The van der Waals surface area contributed by atoms with Crippen molar-refractivity contribution in [2.75, 3.05) is 7.11 Å². The second kappa shape index (κ2) is 7.20. The lowest BCUT2D eigenvalue weighted by molar-refractivity contribution is -0.161. The molecule has 0 radical (unpaired) electrons. The highest BCUT2D eigenvalue weighted by Gasteiger charge is 2.46. The van der Waals surface area contributed by atoms with E-state index in [9.17, 15) is 9.59 Å². The Kier molecular flexibility index (Phi) is 5.02. The second-order valence-electron chi connectivity index (χ2n) is 5.67. The fourth-order valence-corrected chi connectivity index (χ4v) is 3.35. The van der Waals surface area contributed by atoms with Crippen molar-refractivity contribution in [3.63, 3.8) is 0 Å². The van der Waals surface area contributed by atoms with Crippen LogP contribution in [0.1, 0.15) is 12.0 Å². The summed E-state index contributed by atoms with van der Waals surface area (Å²) in [7, 11) is 1.31. The van der Waals surface area contributed by atoms with Gasteiger partial charge in [-0.15, -0.1) is 0 Å². The van der Waals surface area contributed by atoms with E-state index in [1.165, 1.54) is 13.4 Å². The van der Waals surface area contributed by atoms with Crippen molar-refractivity contribution >= 4 is 22.8 Å². The van der Waals surface area contributed by atoms with Crippen molar-refractivity contribution in [2.24, 2.45) is 11.8 Å². The first kappa shape index (κ1) is 16.7. The van der Waals surface area contributed by atoms with Crippen LogP contribution in [0.3, 0.4) is 0 Å². The van der Waals surface area contributed by atoms with E-state index in [1.807, 2.05) is 30.3 Å². The number of ether oxygens (including phenoxy) is 3. The van der Waals surface area contributed by atoms with Crippen LogP contribution in [0.5, 0.6) is 0 Å². The van der Waals surface area contributed by atoms with Gasteiger partial charge in [-0.2, -0.15) is 0 Å². The van der Waals surface area contributed by atoms with Gasteiger partial charge in [-0.1, -0.05) is 36.4 Å². The van der Waals surface area contributed by atoms with Crippen LogP contribution < -0.4 is 0 Å². The number of halogens is 1.